The number of aliphatic hydroxyl groups excluding tert-OH is 3. The van der Waals surface area contributed by atoms with Crippen LogP contribution in [-0.2, 0) is 4.74 Å². The zero-order valence-electron chi connectivity index (χ0n) is 7.08. The van der Waals surface area contributed by atoms with Crippen molar-refractivity contribution < 1.29 is 20.1 Å². The molecule has 3 saturated heterocycles. The van der Waals surface area contributed by atoms with E-state index in [1.54, 1.807) is 0 Å². The van der Waals surface area contributed by atoms with Crippen molar-refractivity contribution >= 4 is 0 Å². The molecule has 3 heterocycles. The number of ether oxygens (including phenoxy) is 1. The molecule has 5 nitrogen and oxygen atoms in total. The van der Waals surface area contributed by atoms with E-state index in [1.807, 2.05) is 4.90 Å². The molecule has 0 aromatic heterocycles. The van der Waals surface area contributed by atoms with Crippen molar-refractivity contribution in [1.29, 1.82) is 0 Å². The molecule has 0 spiro atoms. The van der Waals surface area contributed by atoms with E-state index < -0.39 is 18.6 Å². The fraction of sp³-hybridized carbons (Fsp3) is 1.00. The van der Waals surface area contributed by atoms with E-state index in [1.165, 1.54) is 0 Å². The van der Waals surface area contributed by atoms with E-state index in [9.17, 15) is 15.3 Å². The Morgan fingerprint density at radius 3 is 2.77 bits per heavy atom. The number of aliphatic hydroxyl groups is 3. The van der Waals surface area contributed by atoms with Crippen molar-refractivity contribution in [2.75, 3.05) is 6.54 Å². The molecule has 3 aliphatic heterocycles. The highest BCUT2D eigenvalue weighted by molar-refractivity contribution is 5.08. The summed E-state index contributed by atoms with van der Waals surface area (Å²) in [4.78, 5) is 1.83. The summed E-state index contributed by atoms with van der Waals surface area (Å²) in [6, 6.07) is 0.0139. The summed E-state index contributed by atoms with van der Waals surface area (Å²) in [7, 11) is 0. The van der Waals surface area contributed by atoms with Gasteiger partial charge in [0.05, 0.1) is 12.0 Å². The van der Waals surface area contributed by atoms with Crippen molar-refractivity contribution in [3.8, 4) is 0 Å². The molecule has 0 bridgehead atoms. The minimum Gasteiger partial charge on any atom is -0.388 e. The van der Waals surface area contributed by atoms with Gasteiger partial charge in [0.25, 0.3) is 0 Å². The maximum absolute atomic E-state index is 9.63. The molecule has 6 atom stereocenters. The van der Waals surface area contributed by atoms with Crippen LogP contribution in [0.15, 0.2) is 0 Å². The van der Waals surface area contributed by atoms with Crippen LogP contribution in [0.3, 0.4) is 0 Å². The molecule has 74 valence electrons. The van der Waals surface area contributed by atoms with Gasteiger partial charge in [-0.3, -0.25) is 4.90 Å². The van der Waals surface area contributed by atoms with Crippen molar-refractivity contribution in [3.63, 3.8) is 0 Å². The fourth-order valence-corrected chi connectivity index (χ4v) is 2.94. The second kappa shape index (κ2) is 2.43. The van der Waals surface area contributed by atoms with Crippen LogP contribution >= 0.6 is 0 Å². The molecule has 13 heavy (non-hydrogen) atoms. The van der Waals surface area contributed by atoms with Gasteiger partial charge in [-0.05, 0) is 6.42 Å². The third kappa shape index (κ3) is 0.837. The van der Waals surface area contributed by atoms with Crippen molar-refractivity contribution in [2.24, 2.45) is 5.92 Å². The van der Waals surface area contributed by atoms with Crippen LogP contribution in [0.2, 0.25) is 0 Å². The van der Waals surface area contributed by atoms with Gasteiger partial charge >= 0.3 is 0 Å². The van der Waals surface area contributed by atoms with E-state index in [2.05, 4.69) is 0 Å². The van der Waals surface area contributed by atoms with Gasteiger partial charge in [-0.25, -0.2) is 0 Å². The highest BCUT2D eigenvalue weighted by Crippen LogP contribution is 2.45. The molecule has 0 aliphatic carbocycles. The topological polar surface area (TPSA) is 73.2 Å². The molecule has 3 N–H and O–H groups in total. The quantitative estimate of drug-likeness (QED) is 0.412. The third-order valence-corrected chi connectivity index (χ3v) is 3.51. The monoisotopic (exact) mass is 187 g/mol. The van der Waals surface area contributed by atoms with E-state index >= 15 is 0 Å². The zero-order valence-corrected chi connectivity index (χ0v) is 7.08. The van der Waals surface area contributed by atoms with Gasteiger partial charge in [-0.15, -0.1) is 0 Å². The lowest BCUT2D eigenvalue weighted by molar-refractivity contribution is -0.139. The third-order valence-electron chi connectivity index (χ3n) is 3.51. The Balaban J connectivity index is 1.97. The first kappa shape index (κ1) is 8.14. The van der Waals surface area contributed by atoms with E-state index in [0.717, 1.165) is 13.0 Å². The standard InChI is InChI=1S/C8H13NO4/c10-6-4-5-3(13-8(4)12)1-2-9(5)7(6)11/h3-8,10-12H,1-2H2/t3-,4-,5+,6-,7?,8+/m1/s1. The van der Waals surface area contributed by atoms with Gasteiger partial charge in [-0.1, -0.05) is 0 Å². The normalized spacial score (nSPS) is 60.2. The molecule has 0 saturated carbocycles. The van der Waals surface area contributed by atoms with Crippen LogP contribution in [0.5, 0.6) is 0 Å². The average molecular weight is 187 g/mol. The highest BCUT2D eigenvalue weighted by atomic mass is 16.6. The molecule has 0 radical (unpaired) electrons. The lowest BCUT2D eigenvalue weighted by Gasteiger charge is -2.19. The summed E-state index contributed by atoms with van der Waals surface area (Å²) in [5.41, 5.74) is 0. The summed E-state index contributed by atoms with van der Waals surface area (Å²) in [6.07, 6.45) is -1.78. The maximum atomic E-state index is 9.63. The smallest absolute Gasteiger partial charge is 0.162 e. The van der Waals surface area contributed by atoms with Crippen molar-refractivity contribution in [3.05, 3.63) is 0 Å². The second-order valence-electron chi connectivity index (χ2n) is 4.06. The average Bonchev–Trinajstić information content (AvgIpc) is 2.65. The molecule has 5 heteroatoms. The maximum Gasteiger partial charge on any atom is 0.162 e. The lowest BCUT2D eigenvalue weighted by Crippen LogP contribution is -2.37. The Kier molecular flexibility index (Phi) is 1.52. The van der Waals surface area contributed by atoms with E-state index in [-0.39, 0.29) is 18.1 Å². The van der Waals surface area contributed by atoms with E-state index in [0.29, 0.717) is 0 Å². The van der Waals surface area contributed by atoms with Gasteiger partial charge in [0.1, 0.15) is 12.3 Å². The van der Waals surface area contributed by atoms with Gasteiger partial charge in [0, 0.05) is 12.6 Å². The zero-order chi connectivity index (χ0) is 9.16. The molecule has 0 amide bonds. The molecule has 1 unspecified atom stereocenters. The first-order valence-electron chi connectivity index (χ1n) is 4.65. The molecule has 0 aromatic carbocycles. The minimum atomic E-state index is -0.912. The van der Waals surface area contributed by atoms with Gasteiger partial charge in [-0.2, -0.15) is 0 Å². The number of nitrogens with zero attached hydrogens (tertiary/aromatic N) is 1. The lowest BCUT2D eigenvalue weighted by atomic mass is 9.97. The van der Waals surface area contributed by atoms with E-state index in [4.69, 9.17) is 4.74 Å². The van der Waals surface area contributed by atoms with Crippen LogP contribution in [0.25, 0.3) is 0 Å². The van der Waals surface area contributed by atoms with Crippen LogP contribution < -0.4 is 0 Å². The molecule has 3 rings (SSSR count). The van der Waals surface area contributed by atoms with Gasteiger partial charge in [0.15, 0.2) is 6.29 Å². The number of rotatable bonds is 0. The SMILES string of the molecule is OC1[C@H](O)[C@H]2[C@@H]3[C@@H](CCN13)O[C@@H]2O. The Morgan fingerprint density at radius 2 is 2.00 bits per heavy atom. The van der Waals surface area contributed by atoms with Gasteiger partial charge < -0.3 is 20.1 Å². The summed E-state index contributed by atoms with van der Waals surface area (Å²) >= 11 is 0. The Hall–Kier alpha value is -0.200. The summed E-state index contributed by atoms with van der Waals surface area (Å²) in [5.74, 6) is -0.331. The largest absolute Gasteiger partial charge is 0.388 e. The Labute approximate surface area is 75.5 Å². The summed E-state index contributed by atoms with van der Waals surface area (Å²) in [6.45, 7) is 0.747. The first-order chi connectivity index (χ1) is 6.20. The highest BCUT2D eigenvalue weighted by Gasteiger charge is 2.61. The molecular weight excluding hydrogens is 174 g/mol. The predicted octanol–water partition coefficient (Wildman–Crippen LogP) is -1.91. The molecular formula is C8H13NO4. The Morgan fingerprint density at radius 1 is 1.23 bits per heavy atom. The molecule has 3 aliphatic rings. The predicted molar refractivity (Wildman–Crippen MR) is 41.5 cm³/mol. The van der Waals surface area contributed by atoms with Crippen LogP contribution in [-0.4, -0.2) is 57.5 Å². The first-order valence-corrected chi connectivity index (χ1v) is 4.65. The Bertz CT molecular complexity index is 236. The van der Waals surface area contributed by atoms with Crippen LogP contribution in [0.1, 0.15) is 6.42 Å². The van der Waals surface area contributed by atoms with Crippen molar-refractivity contribution in [1.82, 2.24) is 4.90 Å². The number of hydrogen-bond donors (Lipinski definition) is 3. The fourth-order valence-electron chi connectivity index (χ4n) is 2.94. The van der Waals surface area contributed by atoms with Gasteiger partial charge in [0.2, 0.25) is 0 Å². The van der Waals surface area contributed by atoms with Crippen LogP contribution in [0, 0.1) is 5.92 Å². The van der Waals surface area contributed by atoms with Crippen molar-refractivity contribution in [2.45, 2.75) is 37.2 Å². The summed E-state index contributed by atoms with van der Waals surface area (Å²) in [5, 5.41) is 28.7. The molecule has 0 aromatic rings. The number of hydrogen-bond acceptors (Lipinski definition) is 5. The molecule has 3 fully saturated rings. The second-order valence-corrected chi connectivity index (χ2v) is 4.06. The van der Waals surface area contributed by atoms with Crippen LogP contribution in [0.4, 0.5) is 0 Å². The minimum absolute atomic E-state index is 0.00759. The summed E-state index contributed by atoms with van der Waals surface area (Å²) < 4.78 is 5.28.